The van der Waals surface area contributed by atoms with E-state index in [4.69, 9.17) is 10.2 Å². The molecule has 0 aliphatic rings. The molecule has 9 heteroatoms. The summed E-state index contributed by atoms with van der Waals surface area (Å²) in [5.41, 5.74) is 6.99. The van der Waals surface area contributed by atoms with E-state index < -0.39 is 0 Å². The fourth-order valence-electron chi connectivity index (χ4n) is 3.52. The molecule has 1 amide bonds. The van der Waals surface area contributed by atoms with Crippen molar-refractivity contribution in [3.05, 3.63) is 53.3 Å². The highest BCUT2D eigenvalue weighted by Crippen LogP contribution is 2.38. The van der Waals surface area contributed by atoms with E-state index in [-0.39, 0.29) is 22.4 Å². The third-order valence-electron chi connectivity index (χ3n) is 5.63. The highest BCUT2D eigenvalue weighted by Gasteiger charge is 2.22. The summed E-state index contributed by atoms with van der Waals surface area (Å²) < 4.78 is 6.99. The van der Waals surface area contributed by atoms with Crippen molar-refractivity contribution in [3.8, 4) is 0 Å². The first kappa shape index (κ1) is 27.9. The molecule has 0 aliphatic heterocycles. The summed E-state index contributed by atoms with van der Waals surface area (Å²) in [7, 11) is 0. The standard InChI is InChI=1S/C27H36N4O3S2/c1-18(26-30-16-22(34-26)27(2,3)4)35-25-17-29-24(36-25)15-19(32)11-7-5-6-8-14-23(33)31-21-13-10-9-12-20(21)28/h9-10,12-13,16-18H,5-8,11,14-15,28H2,1-4H3,(H,31,33). The smallest absolute Gasteiger partial charge is 0.224 e. The third-order valence-corrected chi connectivity index (χ3v) is 7.85. The number of carbonyl (C=O) groups is 2. The van der Waals surface area contributed by atoms with Crippen molar-refractivity contribution in [1.82, 2.24) is 9.97 Å². The van der Waals surface area contributed by atoms with Crippen LogP contribution in [-0.4, -0.2) is 21.7 Å². The van der Waals surface area contributed by atoms with Crippen molar-refractivity contribution >= 4 is 46.2 Å². The number of nitrogen functional groups attached to an aromatic ring is 1. The Bertz CT molecular complexity index is 1150. The summed E-state index contributed by atoms with van der Waals surface area (Å²) in [6.07, 6.45) is 8.45. The topological polar surface area (TPSA) is 111 Å². The lowest BCUT2D eigenvalue weighted by atomic mass is 9.94. The molecule has 0 aliphatic carbocycles. The number of ketones is 1. The predicted molar refractivity (Wildman–Crippen MR) is 147 cm³/mol. The molecule has 0 bridgehead atoms. The van der Waals surface area contributed by atoms with Crippen LogP contribution in [0.3, 0.4) is 0 Å². The number of thioether (sulfide) groups is 1. The SMILES string of the molecule is CC(Sc1cnc(CC(=O)CCCCCCC(=O)Nc2ccccc2N)s1)c1ncc(C(C)(C)C)o1. The maximum Gasteiger partial charge on any atom is 0.224 e. The molecule has 3 N–H and O–H groups in total. The number of oxazole rings is 1. The van der Waals surface area contributed by atoms with Crippen LogP contribution in [0.25, 0.3) is 0 Å². The van der Waals surface area contributed by atoms with Gasteiger partial charge in [0.05, 0.1) is 39.6 Å². The minimum Gasteiger partial charge on any atom is -0.444 e. The molecule has 36 heavy (non-hydrogen) atoms. The van der Waals surface area contributed by atoms with Gasteiger partial charge in [-0.2, -0.15) is 0 Å². The van der Waals surface area contributed by atoms with Gasteiger partial charge in [0.2, 0.25) is 11.8 Å². The third kappa shape index (κ3) is 8.78. The number of rotatable bonds is 13. The van der Waals surface area contributed by atoms with Gasteiger partial charge in [0.1, 0.15) is 16.6 Å². The Balaban J connectivity index is 1.31. The summed E-state index contributed by atoms with van der Waals surface area (Å²) in [5, 5.41) is 3.75. The Morgan fingerprint density at radius 2 is 1.81 bits per heavy atom. The Morgan fingerprint density at radius 3 is 2.50 bits per heavy atom. The second-order valence-electron chi connectivity index (χ2n) is 9.91. The van der Waals surface area contributed by atoms with Gasteiger partial charge in [0.25, 0.3) is 0 Å². The first-order valence-corrected chi connectivity index (χ1v) is 14.0. The van der Waals surface area contributed by atoms with E-state index in [1.165, 1.54) is 0 Å². The highest BCUT2D eigenvalue weighted by atomic mass is 32.2. The number of anilines is 2. The number of carbonyl (C=O) groups excluding carboxylic acids is 2. The molecule has 194 valence electrons. The number of unbranched alkanes of at least 4 members (excludes halogenated alkanes) is 3. The van der Waals surface area contributed by atoms with Crippen molar-refractivity contribution in [2.45, 2.75) is 87.5 Å². The Labute approximate surface area is 221 Å². The van der Waals surface area contributed by atoms with Gasteiger partial charge in [0.15, 0.2) is 0 Å². The Kier molecular flexibility index (Phi) is 10.1. The van der Waals surface area contributed by atoms with Gasteiger partial charge in [-0.25, -0.2) is 9.97 Å². The summed E-state index contributed by atoms with van der Waals surface area (Å²) in [6, 6.07) is 7.23. The van der Waals surface area contributed by atoms with Crippen LogP contribution in [-0.2, 0) is 21.4 Å². The molecule has 1 unspecified atom stereocenters. The van der Waals surface area contributed by atoms with Crippen LogP contribution in [0.4, 0.5) is 11.4 Å². The number of aromatic nitrogens is 2. The number of benzene rings is 1. The minimum atomic E-state index is -0.0698. The van der Waals surface area contributed by atoms with Gasteiger partial charge in [-0.05, 0) is 31.9 Å². The lowest BCUT2D eigenvalue weighted by Crippen LogP contribution is -2.12. The van der Waals surface area contributed by atoms with Crippen molar-refractivity contribution in [2.75, 3.05) is 11.1 Å². The lowest BCUT2D eigenvalue weighted by Gasteiger charge is -2.13. The van der Waals surface area contributed by atoms with Crippen LogP contribution in [0.5, 0.6) is 0 Å². The molecule has 0 radical (unpaired) electrons. The quantitative estimate of drug-likeness (QED) is 0.140. The predicted octanol–water partition coefficient (Wildman–Crippen LogP) is 6.96. The summed E-state index contributed by atoms with van der Waals surface area (Å²) in [4.78, 5) is 33.3. The zero-order valence-electron chi connectivity index (χ0n) is 21.5. The van der Waals surface area contributed by atoms with Crippen LogP contribution in [0.2, 0.25) is 0 Å². The van der Waals surface area contributed by atoms with E-state index >= 15 is 0 Å². The van der Waals surface area contributed by atoms with E-state index in [2.05, 4.69) is 43.0 Å². The van der Waals surface area contributed by atoms with E-state index in [1.807, 2.05) is 18.3 Å². The number of hydrogen-bond acceptors (Lipinski definition) is 8. The van der Waals surface area contributed by atoms with Crippen molar-refractivity contribution < 1.29 is 14.0 Å². The fourth-order valence-corrected chi connectivity index (χ4v) is 5.78. The highest BCUT2D eigenvalue weighted by molar-refractivity contribution is 8.01. The molecular weight excluding hydrogens is 492 g/mol. The monoisotopic (exact) mass is 528 g/mol. The van der Waals surface area contributed by atoms with E-state index in [1.54, 1.807) is 41.4 Å². The number of Topliss-reactive ketones (excluding diaryl/α,β-unsaturated/α-hetero) is 1. The van der Waals surface area contributed by atoms with Crippen LogP contribution < -0.4 is 11.1 Å². The summed E-state index contributed by atoms with van der Waals surface area (Å²) >= 11 is 3.20. The maximum absolute atomic E-state index is 12.4. The molecule has 2 heterocycles. The molecule has 0 saturated heterocycles. The van der Waals surface area contributed by atoms with Gasteiger partial charge >= 0.3 is 0 Å². The molecule has 2 aromatic heterocycles. The maximum atomic E-state index is 12.4. The summed E-state index contributed by atoms with van der Waals surface area (Å²) in [6.45, 7) is 8.37. The fraction of sp³-hybridized carbons (Fsp3) is 0.481. The summed E-state index contributed by atoms with van der Waals surface area (Å²) in [5.74, 6) is 1.75. The first-order valence-electron chi connectivity index (χ1n) is 12.4. The molecule has 1 aromatic carbocycles. The van der Waals surface area contributed by atoms with Crippen molar-refractivity contribution in [2.24, 2.45) is 0 Å². The van der Waals surface area contributed by atoms with Gasteiger partial charge in [-0.15, -0.1) is 23.1 Å². The molecule has 0 spiro atoms. The van der Waals surface area contributed by atoms with Crippen LogP contribution in [0.1, 0.15) is 88.1 Å². The van der Waals surface area contributed by atoms with Gasteiger partial charge < -0.3 is 15.5 Å². The van der Waals surface area contributed by atoms with Gasteiger partial charge in [0, 0.05) is 18.3 Å². The average molecular weight is 529 g/mol. The second kappa shape index (κ2) is 13.1. The lowest BCUT2D eigenvalue weighted by molar-refractivity contribution is -0.118. The van der Waals surface area contributed by atoms with Crippen molar-refractivity contribution in [3.63, 3.8) is 0 Å². The average Bonchev–Trinajstić information content (AvgIpc) is 3.48. The molecule has 0 saturated carbocycles. The number of amides is 1. The van der Waals surface area contributed by atoms with E-state index in [0.29, 0.717) is 36.5 Å². The van der Waals surface area contributed by atoms with E-state index in [0.717, 1.165) is 40.7 Å². The van der Waals surface area contributed by atoms with E-state index in [9.17, 15) is 9.59 Å². The first-order chi connectivity index (χ1) is 17.1. The molecule has 7 nitrogen and oxygen atoms in total. The minimum absolute atomic E-state index is 0.0341. The molecule has 0 fully saturated rings. The zero-order valence-corrected chi connectivity index (χ0v) is 23.1. The van der Waals surface area contributed by atoms with Crippen LogP contribution in [0, 0.1) is 0 Å². The zero-order chi connectivity index (χ0) is 26.1. The number of nitrogens with two attached hydrogens (primary N) is 1. The van der Waals surface area contributed by atoms with Crippen molar-refractivity contribution in [1.29, 1.82) is 0 Å². The number of nitrogens with zero attached hydrogens (tertiary/aromatic N) is 2. The Morgan fingerprint density at radius 1 is 1.08 bits per heavy atom. The van der Waals surface area contributed by atoms with Crippen LogP contribution in [0.15, 0.2) is 45.3 Å². The number of para-hydroxylation sites is 2. The molecule has 3 rings (SSSR count). The Hall–Kier alpha value is -2.65. The van der Waals surface area contributed by atoms with Gasteiger partial charge in [-0.1, -0.05) is 45.7 Å². The van der Waals surface area contributed by atoms with Gasteiger partial charge in [-0.3, -0.25) is 9.59 Å². The molecule has 1 atom stereocenters. The largest absolute Gasteiger partial charge is 0.444 e. The molecular formula is C27H36N4O3S2. The second-order valence-corrected chi connectivity index (χ2v) is 12.7. The molecule has 3 aromatic rings. The number of thiazole rings is 1. The normalized spacial score (nSPS) is 12.4. The number of nitrogens with one attached hydrogen (secondary N) is 1. The number of hydrogen-bond donors (Lipinski definition) is 2. The van der Waals surface area contributed by atoms with Crippen LogP contribution >= 0.6 is 23.1 Å².